The number of aromatic nitrogens is 2. The lowest BCUT2D eigenvalue weighted by Gasteiger charge is -2.29. The number of fused-ring (bicyclic) bond motifs is 1. The van der Waals surface area contributed by atoms with Crippen LogP contribution in [-0.2, 0) is 28.1 Å². The minimum Gasteiger partial charge on any atom is -0.382 e. The predicted octanol–water partition coefficient (Wildman–Crippen LogP) is 3.39. The molecule has 12 heteroatoms. The fraction of sp³-hybridized carbons (Fsp3) is 0.577. The van der Waals surface area contributed by atoms with Gasteiger partial charge in [0.2, 0.25) is 5.91 Å². The van der Waals surface area contributed by atoms with Crippen molar-refractivity contribution in [3.05, 3.63) is 58.6 Å². The molecule has 7 atom stereocenters. The van der Waals surface area contributed by atoms with Gasteiger partial charge in [0.25, 0.3) is 8.53 Å². The maximum Gasteiger partial charge on any atom is 0.351 e. The van der Waals surface area contributed by atoms with Gasteiger partial charge in [-0.15, -0.1) is 0 Å². The molecule has 3 aliphatic heterocycles. The summed E-state index contributed by atoms with van der Waals surface area (Å²) in [6.45, 7) is 4.99. The number of carbonyl (C=O) groups is 1. The summed E-state index contributed by atoms with van der Waals surface area (Å²) in [5.74, 6) is -0.122. The molecule has 3 saturated heterocycles. The number of ether oxygens (including phenoxy) is 3. The van der Waals surface area contributed by atoms with Crippen molar-refractivity contribution in [2.45, 2.75) is 69.8 Å². The number of rotatable bonds is 10. The van der Waals surface area contributed by atoms with Crippen LogP contribution >= 0.6 is 8.53 Å². The van der Waals surface area contributed by atoms with Gasteiger partial charge in [0.15, 0.2) is 6.23 Å². The molecule has 2 aromatic rings. The van der Waals surface area contributed by atoms with Crippen molar-refractivity contribution in [2.24, 2.45) is 0 Å². The highest BCUT2D eigenvalue weighted by Gasteiger charge is 2.53. The highest BCUT2D eigenvalue weighted by Crippen LogP contribution is 2.61. The number of methoxy groups -OCH3 is 1. The Bertz CT molecular complexity index is 1150. The summed E-state index contributed by atoms with van der Waals surface area (Å²) in [7, 11) is 0.252. The van der Waals surface area contributed by atoms with E-state index in [2.05, 4.69) is 27.1 Å². The van der Waals surface area contributed by atoms with E-state index in [-0.39, 0.29) is 30.0 Å². The highest BCUT2D eigenvalue weighted by molar-refractivity contribution is 7.45. The quantitative estimate of drug-likeness (QED) is 0.354. The molecule has 1 N–H and O–H groups in total. The molecule has 11 nitrogen and oxygen atoms in total. The van der Waals surface area contributed by atoms with Gasteiger partial charge in [-0.3, -0.25) is 9.36 Å². The Hall–Kier alpha value is -2.24. The molecule has 0 spiro atoms. The molecular weight excluding hydrogens is 511 g/mol. The van der Waals surface area contributed by atoms with E-state index < -0.39 is 32.7 Å². The smallest absolute Gasteiger partial charge is 0.351 e. The Labute approximate surface area is 223 Å². The molecule has 1 amide bonds. The number of hydrogen-bond acceptors (Lipinski definition) is 9. The first kappa shape index (κ1) is 27.3. The van der Waals surface area contributed by atoms with Crippen LogP contribution in [0.15, 0.2) is 47.4 Å². The summed E-state index contributed by atoms with van der Waals surface area (Å²) in [6, 6.07) is 12.1. The highest BCUT2D eigenvalue weighted by atomic mass is 31.2. The van der Waals surface area contributed by atoms with E-state index in [9.17, 15) is 9.59 Å². The largest absolute Gasteiger partial charge is 0.382 e. The van der Waals surface area contributed by atoms with Crippen molar-refractivity contribution < 1.29 is 28.1 Å². The average Bonchev–Trinajstić information content (AvgIpc) is 3.60. The maximum atomic E-state index is 13.0. The molecule has 5 rings (SSSR count). The van der Waals surface area contributed by atoms with Crippen LogP contribution in [0.5, 0.6) is 0 Å². The number of nitrogens with zero attached hydrogens (tertiary/aromatic N) is 3. The lowest BCUT2D eigenvalue weighted by molar-refractivity contribution is -0.114. The van der Waals surface area contributed by atoms with Crippen molar-refractivity contribution in [2.75, 3.05) is 32.2 Å². The molecule has 4 heterocycles. The second-order valence-electron chi connectivity index (χ2n) is 9.60. The van der Waals surface area contributed by atoms with Crippen LogP contribution in [-0.4, -0.2) is 71.4 Å². The third-order valence-corrected chi connectivity index (χ3v) is 8.81. The van der Waals surface area contributed by atoms with Crippen molar-refractivity contribution in [3.63, 3.8) is 0 Å². The van der Waals surface area contributed by atoms with E-state index in [0.717, 1.165) is 24.9 Å². The van der Waals surface area contributed by atoms with Crippen LogP contribution in [0.3, 0.4) is 0 Å². The van der Waals surface area contributed by atoms with Gasteiger partial charge in [0.05, 0.1) is 19.3 Å². The van der Waals surface area contributed by atoms with E-state index in [0.29, 0.717) is 19.6 Å². The first-order chi connectivity index (χ1) is 18.5. The molecule has 206 valence electrons. The molecule has 3 fully saturated rings. The lowest BCUT2D eigenvalue weighted by Crippen LogP contribution is -2.39. The van der Waals surface area contributed by atoms with E-state index in [1.807, 2.05) is 25.1 Å². The number of nitrogens with one attached hydrogen (secondary N) is 1. The molecule has 0 radical (unpaired) electrons. The monoisotopic (exact) mass is 546 g/mol. The standard InChI is InChI=1S/C26H35N4O7P/c1-4-20-23(37-38-30-13-8-11-19(30)22(36-38)18-9-6-5-7-10-18)24(34-16-15-33-3)25(35-20)29-14-12-21(27-17(2)31)28-26(29)32/h5-7,9-10,12,14,19-20,22-25H,4,8,11,13,15-16H2,1-3H3,(H,27,28,31,32)/t19-,20+,22+,23?,24-,25+,38?/m0/s1. The number of amides is 1. The average molecular weight is 547 g/mol. The van der Waals surface area contributed by atoms with Gasteiger partial charge in [-0.05, 0) is 30.9 Å². The summed E-state index contributed by atoms with van der Waals surface area (Å²) < 4.78 is 34.9. The molecule has 3 aliphatic rings. The normalized spacial score (nSPS) is 31.0. The van der Waals surface area contributed by atoms with Gasteiger partial charge in [-0.1, -0.05) is 37.3 Å². The van der Waals surface area contributed by atoms with E-state index in [4.69, 9.17) is 23.3 Å². The zero-order valence-electron chi connectivity index (χ0n) is 21.9. The van der Waals surface area contributed by atoms with Gasteiger partial charge in [-0.2, -0.15) is 4.98 Å². The van der Waals surface area contributed by atoms with Crippen LogP contribution < -0.4 is 11.0 Å². The zero-order valence-corrected chi connectivity index (χ0v) is 22.8. The third-order valence-electron chi connectivity index (χ3n) is 7.07. The van der Waals surface area contributed by atoms with Crippen LogP contribution in [0, 0.1) is 0 Å². The molecule has 1 aromatic heterocycles. The summed E-state index contributed by atoms with van der Waals surface area (Å²) >= 11 is 0. The first-order valence-corrected chi connectivity index (χ1v) is 14.2. The Morgan fingerprint density at radius 3 is 2.74 bits per heavy atom. The second kappa shape index (κ2) is 12.3. The zero-order chi connectivity index (χ0) is 26.6. The third kappa shape index (κ3) is 5.70. The van der Waals surface area contributed by atoms with E-state index in [1.165, 1.54) is 11.5 Å². The van der Waals surface area contributed by atoms with Crippen LogP contribution in [0.25, 0.3) is 0 Å². The number of benzene rings is 1. The fourth-order valence-corrected chi connectivity index (χ4v) is 7.32. The minimum absolute atomic E-state index is 0.0518. The van der Waals surface area contributed by atoms with Crippen LogP contribution in [0.4, 0.5) is 5.82 Å². The summed E-state index contributed by atoms with van der Waals surface area (Å²) in [4.78, 5) is 28.4. The number of hydrogen-bond donors (Lipinski definition) is 1. The second-order valence-corrected chi connectivity index (χ2v) is 11.0. The lowest BCUT2D eigenvalue weighted by atomic mass is 10.0. The van der Waals surface area contributed by atoms with Crippen molar-refractivity contribution in [1.82, 2.24) is 14.2 Å². The predicted molar refractivity (Wildman–Crippen MR) is 140 cm³/mol. The topological polar surface area (TPSA) is 113 Å². The molecule has 0 bridgehead atoms. The van der Waals surface area contributed by atoms with Gasteiger partial charge >= 0.3 is 5.69 Å². The molecule has 0 saturated carbocycles. The fourth-order valence-electron chi connectivity index (χ4n) is 5.32. The maximum absolute atomic E-state index is 13.0. The number of carbonyl (C=O) groups excluding carboxylic acids is 1. The summed E-state index contributed by atoms with van der Waals surface area (Å²) in [6.07, 6.45) is 2.17. The Morgan fingerprint density at radius 1 is 1.21 bits per heavy atom. The van der Waals surface area contributed by atoms with Gasteiger partial charge in [0, 0.05) is 32.8 Å². The van der Waals surface area contributed by atoms with Crippen LogP contribution in [0.2, 0.25) is 0 Å². The Kier molecular flexibility index (Phi) is 8.84. The Balaban J connectivity index is 1.40. The van der Waals surface area contributed by atoms with Crippen molar-refractivity contribution in [3.8, 4) is 0 Å². The molecule has 38 heavy (non-hydrogen) atoms. The van der Waals surface area contributed by atoms with Gasteiger partial charge in [0.1, 0.15) is 24.1 Å². The summed E-state index contributed by atoms with van der Waals surface area (Å²) in [5.41, 5.74) is 0.596. The molecule has 0 aliphatic carbocycles. The summed E-state index contributed by atoms with van der Waals surface area (Å²) in [5, 5.41) is 2.54. The number of anilines is 1. The molecule has 2 unspecified atom stereocenters. The van der Waals surface area contributed by atoms with Crippen LogP contribution in [0.1, 0.15) is 51.0 Å². The molecule has 1 aromatic carbocycles. The van der Waals surface area contributed by atoms with Crippen molar-refractivity contribution >= 4 is 20.3 Å². The Morgan fingerprint density at radius 2 is 2.03 bits per heavy atom. The van der Waals surface area contributed by atoms with E-state index >= 15 is 0 Å². The first-order valence-electron chi connectivity index (χ1n) is 13.1. The SMILES string of the molecule is CC[C@H]1O[C@@H](n2ccc(NC(C)=O)nc2=O)[C@@H](OCCOC)C1OP1O[C@H](c2ccccc2)[C@@H]2CCCN21. The van der Waals surface area contributed by atoms with Gasteiger partial charge < -0.3 is 28.6 Å². The van der Waals surface area contributed by atoms with Crippen molar-refractivity contribution in [1.29, 1.82) is 0 Å². The van der Waals surface area contributed by atoms with Gasteiger partial charge in [-0.25, -0.2) is 9.46 Å². The molecular formula is C26H35N4O7P. The minimum atomic E-state index is -1.36. The van der Waals surface area contributed by atoms with E-state index in [1.54, 1.807) is 19.4 Å².